The lowest BCUT2D eigenvalue weighted by molar-refractivity contribution is 0.0392. The largest absolute Gasteiger partial charge is 0.492 e. The number of guanidine groups is 1. The van der Waals surface area contributed by atoms with Crippen LogP contribution in [0, 0.1) is 0 Å². The molecule has 32 heavy (non-hydrogen) atoms. The highest BCUT2D eigenvalue weighted by Crippen LogP contribution is 2.19. The standard InChI is InChI=1S/C25H36N4O2.HI/c1-19(2)21-7-5-8-22(17-21)28-25(26)27-18-20-6-4-9-24(16-20)31-15-12-29(3)23-10-13-30-14-11-23;/h4-9,16-17,19,23H,10-15,18H2,1-3H3,(H3,26,27,28);1H. The van der Waals surface area contributed by atoms with Gasteiger partial charge in [0.05, 0.1) is 6.54 Å². The number of benzene rings is 2. The number of hydrogen-bond acceptors (Lipinski definition) is 4. The Morgan fingerprint density at radius 1 is 1.19 bits per heavy atom. The fourth-order valence-electron chi connectivity index (χ4n) is 3.69. The molecule has 6 nitrogen and oxygen atoms in total. The number of aliphatic imine (C=N–C) groups is 1. The molecule has 0 spiro atoms. The number of nitrogens with one attached hydrogen (secondary N) is 1. The number of ether oxygens (including phenoxy) is 2. The number of anilines is 1. The fourth-order valence-corrected chi connectivity index (χ4v) is 3.69. The first kappa shape index (κ1) is 26.4. The van der Waals surface area contributed by atoms with Gasteiger partial charge in [-0.15, -0.1) is 24.0 Å². The Morgan fingerprint density at radius 3 is 2.69 bits per heavy atom. The first-order valence-electron chi connectivity index (χ1n) is 11.2. The third-order valence-corrected chi connectivity index (χ3v) is 5.68. The van der Waals surface area contributed by atoms with E-state index in [-0.39, 0.29) is 24.0 Å². The molecule has 2 aromatic carbocycles. The van der Waals surface area contributed by atoms with Crippen LogP contribution in [0.1, 0.15) is 43.7 Å². The summed E-state index contributed by atoms with van der Waals surface area (Å²) >= 11 is 0. The smallest absolute Gasteiger partial charge is 0.193 e. The summed E-state index contributed by atoms with van der Waals surface area (Å²) in [6.07, 6.45) is 2.20. The molecule has 176 valence electrons. The molecule has 0 bridgehead atoms. The Balaban J connectivity index is 0.00000363. The second-order valence-corrected chi connectivity index (χ2v) is 8.43. The van der Waals surface area contributed by atoms with Crippen molar-refractivity contribution in [1.29, 1.82) is 0 Å². The van der Waals surface area contributed by atoms with Crippen molar-refractivity contribution in [2.75, 3.05) is 38.7 Å². The van der Waals surface area contributed by atoms with Crippen LogP contribution in [0.2, 0.25) is 0 Å². The Kier molecular flexibility index (Phi) is 11.3. The van der Waals surface area contributed by atoms with Crippen LogP contribution in [-0.4, -0.2) is 50.3 Å². The zero-order valence-corrected chi connectivity index (χ0v) is 21.8. The van der Waals surface area contributed by atoms with Crippen molar-refractivity contribution in [2.45, 2.75) is 45.2 Å². The molecule has 0 amide bonds. The minimum Gasteiger partial charge on any atom is -0.492 e. The number of halogens is 1. The second kappa shape index (κ2) is 13.6. The Bertz CT molecular complexity index is 853. The Hall–Kier alpha value is -1.84. The zero-order valence-electron chi connectivity index (χ0n) is 19.4. The summed E-state index contributed by atoms with van der Waals surface area (Å²) in [6.45, 7) is 8.14. The van der Waals surface area contributed by atoms with Crippen LogP contribution < -0.4 is 15.8 Å². The van der Waals surface area contributed by atoms with Crippen LogP contribution in [0.4, 0.5) is 5.69 Å². The molecule has 0 aromatic heterocycles. The lowest BCUT2D eigenvalue weighted by Gasteiger charge is -2.31. The molecule has 1 aliphatic rings. The highest BCUT2D eigenvalue weighted by Gasteiger charge is 2.17. The van der Waals surface area contributed by atoms with Crippen molar-refractivity contribution in [3.05, 3.63) is 59.7 Å². The summed E-state index contributed by atoms with van der Waals surface area (Å²) in [7, 11) is 2.16. The van der Waals surface area contributed by atoms with Crippen LogP contribution in [0.25, 0.3) is 0 Å². The van der Waals surface area contributed by atoms with Gasteiger partial charge in [-0.1, -0.05) is 38.1 Å². The number of likely N-dealkylation sites (N-methyl/N-ethyl adjacent to an activating group) is 1. The molecule has 7 heteroatoms. The van der Waals surface area contributed by atoms with Crippen LogP contribution in [-0.2, 0) is 11.3 Å². The topological polar surface area (TPSA) is 72.1 Å². The van der Waals surface area contributed by atoms with Gasteiger partial charge in [-0.3, -0.25) is 4.90 Å². The van der Waals surface area contributed by atoms with Crippen molar-refractivity contribution in [3.63, 3.8) is 0 Å². The summed E-state index contributed by atoms with van der Waals surface area (Å²) in [4.78, 5) is 6.86. The van der Waals surface area contributed by atoms with Crippen LogP contribution in [0.3, 0.4) is 0 Å². The summed E-state index contributed by atoms with van der Waals surface area (Å²) in [5.74, 6) is 1.74. The minimum atomic E-state index is 0. The number of nitrogens with zero attached hydrogens (tertiary/aromatic N) is 2. The van der Waals surface area contributed by atoms with Crippen LogP contribution in [0.15, 0.2) is 53.5 Å². The van der Waals surface area contributed by atoms with Gasteiger partial charge < -0.3 is 20.5 Å². The molecule has 1 aliphatic heterocycles. The van der Waals surface area contributed by atoms with E-state index in [0.717, 1.165) is 49.6 Å². The lowest BCUT2D eigenvalue weighted by atomic mass is 10.0. The molecule has 1 heterocycles. The lowest BCUT2D eigenvalue weighted by Crippen LogP contribution is -2.38. The number of nitrogens with two attached hydrogens (primary N) is 1. The maximum absolute atomic E-state index is 6.10. The highest BCUT2D eigenvalue weighted by atomic mass is 127. The average molecular weight is 553 g/mol. The molecule has 1 saturated heterocycles. The van der Waals surface area contributed by atoms with Crippen molar-refractivity contribution in [3.8, 4) is 5.75 Å². The first-order valence-corrected chi connectivity index (χ1v) is 11.2. The molecule has 3 rings (SSSR count). The van der Waals surface area contributed by atoms with E-state index >= 15 is 0 Å². The average Bonchev–Trinajstić information content (AvgIpc) is 2.79. The maximum atomic E-state index is 6.10. The monoisotopic (exact) mass is 552 g/mol. The molecule has 0 radical (unpaired) electrons. The Morgan fingerprint density at radius 2 is 1.94 bits per heavy atom. The third-order valence-electron chi connectivity index (χ3n) is 5.68. The summed E-state index contributed by atoms with van der Waals surface area (Å²) in [6, 6.07) is 16.9. The molecule has 0 saturated carbocycles. The van der Waals surface area contributed by atoms with Gasteiger partial charge in [-0.2, -0.15) is 0 Å². The summed E-state index contributed by atoms with van der Waals surface area (Å²) in [5.41, 5.74) is 9.39. The van der Waals surface area contributed by atoms with E-state index in [1.165, 1.54) is 5.56 Å². The van der Waals surface area contributed by atoms with Crippen molar-refractivity contribution in [2.24, 2.45) is 10.7 Å². The van der Waals surface area contributed by atoms with E-state index in [1.807, 2.05) is 36.4 Å². The quantitative estimate of drug-likeness (QED) is 0.265. The predicted molar refractivity (Wildman–Crippen MR) is 143 cm³/mol. The maximum Gasteiger partial charge on any atom is 0.193 e. The van der Waals surface area contributed by atoms with E-state index in [0.29, 0.717) is 31.1 Å². The van der Waals surface area contributed by atoms with Crippen molar-refractivity contribution >= 4 is 35.6 Å². The highest BCUT2D eigenvalue weighted by molar-refractivity contribution is 14.0. The summed E-state index contributed by atoms with van der Waals surface area (Å²) in [5, 5.41) is 3.18. The SMILES string of the molecule is CC(C)c1cccc(NC(N)=NCc2cccc(OCCN(C)C3CCOCC3)c2)c1.I. The van der Waals surface area contributed by atoms with E-state index in [9.17, 15) is 0 Å². The van der Waals surface area contributed by atoms with Gasteiger partial charge in [0.2, 0.25) is 0 Å². The van der Waals surface area contributed by atoms with Gasteiger partial charge in [-0.25, -0.2) is 4.99 Å². The molecular formula is C25H37IN4O2. The van der Waals surface area contributed by atoms with Crippen molar-refractivity contribution in [1.82, 2.24) is 4.90 Å². The molecule has 3 N–H and O–H groups in total. The van der Waals surface area contributed by atoms with E-state index in [1.54, 1.807) is 0 Å². The van der Waals surface area contributed by atoms with Crippen LogP contribution in [0.5, 0.6) is 5.75 Å². The van der Waals surface area contributed by atoms with E-state index in [2.05, 4.69) is 48.2 Å². The third kappa shape index (κ3) is 8.60. The van der Waals surface area contributed by atoms with Gasteiger partial charge in [0.1, 0.15) is 12.4 Å². The zero-order chi connectivity index (χ0) is 22.1. The molecule has 0 atom stereocenters. The van der Waals surface area contributed by atoms with E-state index in [4.69, 9.17) is 15.2 Å². The first-order chi connectivity index (χ1) is 15.0. The predicted octanol–water partition coefficient (Wildman–Crippen LogP) is 4.84. The van der Waals surface area contributed by atoms with Crippen LogP contribution >= 0.6 is 24.0 Å². The second-order valence-electron chi connectivity index (χ2n) is 8.43. The van der Waals surface area contributed by atoms with Gasteiger partial charge in [0, 0.05) is 31.5 Å². The summed E-state index contributed by atoms with van der Waals surface area (Å²) < 4.78 is 11.4. The van der Waals surface area contributed by atoms with Gasteiger partial charge >= 0.3 is 0 Å². The molecular weight excluding hydrogens is 515 g/mol. The molecule has 2 aromatic rings. The molecule has 0 aliphatic carbocycles. The normalized spacial score (nSPS) is 15.0. The van der Waals surface area contributed by atoms with Gasteiger partial charge in [0.25, 0.3) is 0 Å². The van der Waals surface area contributed by atoms with Gasteiger partial charge in [-0.05, 0) is 61.2 Å². The molecule has 1 fully saturated rings. The number of hydrogen-bond donors (Lipinski definition) is 2. The van der Waals surface area contributed by atoms with Crippen molar-refractivity contribution < 1.29 is 9.47 Å². The van der Waals surface area contributed by atoms with Gasteiger partial charge in [0.15, 0.2) is 5.96 Å². The fraction of sp³-hybridized carbons (Fsp3) is 0.480. The number of rotatable bonds is 9. The minimum absolute atomic E-state index is 0. The Labute approximate surface area is 209 Å². The van der Waals surface area contributed by atoms with E-state index < -0.39 is 0 Å². The molecule has 0 unspecified atom stereocenters.